The number of rotatable bonds is 8. The summed E-state index contributed by atoms with van der Waals surface area (Å²) in [6.45, 7) is 6.29. The summed E-state index contributed by atoms with van der Waals surface area (Å²) in [5, 5.41) is 9.57. The van der Waals surface area contributed by atoms with E-state index in [-0.39, 0.29) is 56.9 Å². The van der Waals surface area contributed by atoms with E-state index in [0.29, 0.717) is 25.9 Å². The monoisotopic (exact) mass is 542 g/mol. The van der Waals surface area contributed by atoms with Gasteiger partial charge >= 0.3 is 11.9 Å². The molecule has 214 valence electrons. The maximum Gasteiger partial charge on any atom is 0.309 e. The van der Waals surface area contributed by atoms with Gasteiger partial charge < -0.3 is 24.4 Å². The van der Waals surface area contributed by atoms with Crippen molar-refractivity contribution in [3.63, 3.8) is 0 Å². The molecule has 3 rings (SSSR count). The number of aliphatic hydroxyl groups is 1. The third kappa shape index (κ3) is 9.49. The summed E-state index contributed by atoms with van der Waals surface area (Å²) in [4.78, 5) is 55.6. The SMILES string of the molecule is CC(C)(C)OC(=O)C[C@H]1C/C=C/C[C@@H](CC(=O)N(CCO)Cc2ccccc2)C(=O)N2CCC[C@H]2COC1=O. The predicted octanol–water partition coefficient (Wildman–Crippen LogP) is 3.25. The van der Waals surface area contributed by atoms with Crippen molar-refractivity contribution in [3.8, 4) is 0 Å². The first-order valence-corrected chi connectivity index (χ1v) is 13.8. The Morgan fingerprint density at radius 2 is 1.77 bits per heavy atom. The molecule has 0 spiro atoms. The van der Waals surface area contributed by atoms with Crippen LogP contribution in [-0.4, -0.2) is 76.6 Å². The summed E-state index contributed by atoms with van der Waals surface area (Å²) in [6.07, 6.45) is 5.61. The highest BCUT2D eigenvalue weighted by Gasteiger charge is 2.36. The summed E-state index contributed by atoms with van der Waals surface area (Å²) in [5.74, 6) is -2.53. The lowest BCUT2D eigenvalue weighted by Gasteiger charge is -2.30. The minimum absolute atomic E-state index is 0.0142. The summed E-state index contributed by atoms with van der Waals surface area (Å²) in [6, 6.07) is 9.28. The topological polar surface area (TPSA) is 113 Å². The van der Waals surface area contributed by atoms with Crippen LogP contribution >= 0.6 is 0 Å². The Hall–Kier alpha value is -3.20. The molecule has 0 bridgehead atoms. The van der Waals surface area contributed by atoms with Gasteiger partial charge in [0, 0.05) is 26.1 Å². The maximum absolute atomic E-state index is 13.6. The third-order valence-electron chi connectivity index (χ3n) is 6.96. The van der Waals surface area contributed by atoms with Crippen molar-refractivity contribution >= 4 is 23.8 Å². The Kier molecular flexibility index (Phi) is 11.1. The number of carbonyl (C=O) groups is 4. The molecule has 0 radical (unpaired) electrons. The number of fused-ring (bicyclic) bond motifs is 1. The number of allylic oxidation sites excluding steroid dienone is 2. The van der Waals surface area contributed by atoms with E-state index in [4.69, 9.17) is 9.47 Å². The number of amides is 2. The summed E-state index contributed by atoms with van der Waals surface area (Å²) in [5.41, 5.74) is 0.290. The first-order chi connectivity index (χ1) is 18.6. The van der Waals surface area contributed by atoms with Crippen LogP contribution in [0.2, 0.25) is 0 Å². The van der Waals surface area contributed by atoms with Crippen molar-refractivity contribution < 1.29 is 33.8 Å². The van der Waals surface area contributed by atoms with E-state index >= 15 is 0 Å². The number of hydrogen-bond acceptors (Lipinski definition) is 7. The minimum atomic E-state index is -0.688. The van der Waals surface area contributed by atoms with E-state index in [1.54, 1.807) is 36.6 Å². The largest absolute Gasteiger partial charge is 0.463 e. The van der Waals surface area contributed by atoms with Crippen LogP contribution in [0.4, 0.5) is 0 Å². The number of ether oxygens (including phenoxy) is 2. The van der Waals surface area contributed by atoms with Crippen LogP contribution in [0.5, 0.6) is 0 Å². The summed E-state index contributed by atoms with van der Waals surface area (Å²) >= 11 is 0. The highest BCUT2D eigenvalue weighted by molar-refractivity contribution is 5.86. The molecule has 2 heterocycles. The smallest absolute Gasteiger partial charge is 0.309 e. The zero-order chi connectivity index (χ0) is 28.4. The van der Waals surface area contributed by atoms with Gasteiger partial charge in [0.2, 0.25) is 11.8 Å². The van der Waals surface area contributed by atoms with Gasteiger partial charge in [-0.25, -0.2) is 0 Å². The Labute approximate surface area is 231 Å². The summed E-state index contributed by atoms with van der Waals surface area (Å²) in [7, 11) is 0. The van der Waals surface area contributed by atoms with Crippen molar-refractivity contribution in [1.29, 1.82) is 0 Å². The van der Waals surface area contributed by atoms with Gasteiger partial charge in [-0.3, -0.25) is 19.2 Å². The molecule has 2 amide bonds. The molecule has 1 N–H and O–H groups in total. The average molecular weight is 543 g/mol. The maximum atomic E-state index is 13.6. The predicted molar refractivity (Wildman–Crippen MR) is 145 cm³/mol. The number of esters is 2. The van der Waals surface area contributed by atoms with E-state index < -0.39 is 29.4 Å². The normalized spacial score (nSPS) is 23.2. The van der Waals surface area contributed by atoms with Gasteiger partial charge in [0.05, 0.1) is 30.9 Å². The number of aliphatic hydroxyl groups excluding tert-OH is 1. The molecule has 39 heavy (non-hydrogen) atoms. The standard InChI is InChI=1S/C30H42N2O7/c1-30(2,3)39-27(35)19-24-13-8-7-12-23(28(36)32-15-9-14-25(32)21-38-29(24)37)18-26(34)31(16-17-33)20-22-10-5-4-6-11-22/h4-8,10-11,23-25,33H,9,12-21H2,1-3H3/b8-7+/t23-,24+,25-/m0/s1. The number of cyclic esters (lactones) is 1. The average Bonchev–Trinajstić information content (AvgIpc) is 3.35. The molecular weight excluding hydrogens is 500 g/mol. The molecule has 3 atom stereocenters. The molecule has 2 aliphatic heterocycles. The first kappa shape index (κ1) is 30.3. The van der Waals surface area contributed by atoms with Crippen LogP contribution in [0, 0.1) is 11.8 Å². The van der Waals surface area contributed by atoms with Crippen molar-refractivity contribution in [2.24, 2.45) is 11.8 Å². The first-order valence-electron chi connectivity index (χ1n) is 13.8. The van der Waals surface area contributed by atoms with Crippen LogP contribution < -0.4 is 0 Å². The molecule has 0 saturated carbocycles. The fourth-order valence-electron chi connectivity index (χ4n) is 5.03. The van der Waals surface area contributed by atoms with Gasteiger partial charge in [0.1, 0.15) is 12.2 Å². The molecule has 9 nitrogen and oxygen atoms in total. The number of nitrogens with zero attached hydrogens (tertiary/aromatic N) is 2. The Morgan fingerprint density at radius 3 is 2.44 bits per heavy atom. The van der Waals surface area contributed by atoms with Crippen molar-refractivity contribution in [2.45, 2.75) is 77.5 Å². The lowest BCUT2D eigenvalue weighted by molar-refractivity contribution is -0.162. The molecule has 9 heteroatoms. The van der Waals surface area contributed by atoms with E-state index in [9.17, 15) is 24.3 Å². The second kappa shape index (κ2) is 14.3. The highest BCUT2D eigenvalue weighted by Crippen LogP contribution is 2.26. The van der Waals surface area contributed by atoms with Gasteiger partial charge in [-0.05, 0) is 52.0 Å². The Balaban J connectivity index is 1.76. The third-order valence-corrected chi connectivity index (χ3v) is 6.96. The highest BCUT2D eigenvalue weighted by atomic mass is 16.6. The van der Waals surface area contributed by atoms with Crippen LogP contribution in [-0.2, 0) is 35.2 Å². The minimum Gasteiger partial charge on any atom is -0.463 e. The molecule has 1 aromatic carbocycles. The molecule has 0 unspecified atom stereocenters. The zero-order valence-corrected chi connectivity index (χ0v) is 23.3. The second-order valence-corrected chi connectivity index (χ2v) is 11.3. The summed E-state index contributed by atoms with van der Waals surface area (Å²) < 4.78 is 11.0. The van der Waals surface area contributed by atoms with Crippen molar-refractivity contribution in [2.75, 3.05) is 26.3 Å². The Morgan fingerprint density at radius 1 is 1.08 bits per heavy atom. The van der Waals surface area contributed by atoms with Crippen molar-refractivity contribution in [3.05, 3.63) is 48.0 Å². The molecule has 1 fully saturated rings. The molecule has 0 aliphatic carbocycles. The fraction of sp³-hybridized carbons (Fsp3) is 0.600. The Bertz CT molecular complexity index is 1020. The van der Waals surface area contributed by atoms with E-state index in [0.717, 1.165) is 12.0 Å². The van der Waals surface area contributed by atoms with Gasteiger partial charge in [-0.1, -0.05) is 42.5 Å². The lowest BCUT2D eigenvalue weighted by atomic mass is 9.95. The van der Waals surface area contributed by atoms with Gasteiger partial charge in [0.15, 0.2) is 0 Å². The molecule has 1 saturated heterocycles. The van der Waals surface area contributed by atoms with Crippen LogP contribution in [0.1, 0.15) is 64.9 Å². The zero-order valence-electron chi connectivity index (χ0n) is 23.3. The van der Waals surface area contributed by atoms with Gasteiger partial charge in [-0.15, -0.1) is 0 Å². The van der Waals surface area contributed by atoms with Crippen LogP contribution in [0.3, 0.4) is 0 Å². The van der Waals surface area contributed by atoms with Crippen LogP contribution in [0.15, 0.2) is 42.5 Å². The van der Waals surface area contributed by atoms with Gasteiger partial charge in [0.25, 0.3) is 0 Å². The van der Waals surface area contributed by atoms with E-state index in [1.807, 2.05) is 36.4 Å². The quantitative estimate of drug-likeness (QED) is 0.396. The number of carbonyl (C=O) groups excluding carboxylic acids is 4. The number of hydrogen-bond donors (Lipinski definition) is 1. The van der Waals surface area contributed by atoms with Gasteiger partial charge in [-0.2, -0.15) is 0 Å². The lowest BCUT2D eigenvalue weighted by Crippen LogP contribution is -2.44. The van der Waals surface area contributed by atoms with Crippen molar-refractivity contribution in [1.82, 2.24) is 9.80 Å². The van der Waals surface area contributed by atoms with Crippen LogP contribution in [0.25, 0.3) is 0 Å². The molecule has 2 aliphatic rings. The fourth-order valence-corrected chi connectivity index (χ4v) is 5.03. The molecular formula is C30H42N2O7. The molecule has 1 aromatic rings. The second-order valence-electron chi connectivity index (χ2n) is 11.3. The number of benzene rings is 1. The molecule has 0 aromatic heterocycles. The van der Waals surface area contributed by atoms with E-state index in [2.05, 4.69) is 0 Å². The van der Waals surface area contributed by atoms with E-state index in [1.165, 1.54) is 0 Å².